The number of carboxylic acids is 1. The van der Waals surface area contributed by atoms with Crippen LogP contribution in [0.5, 0.6) is 0 Å². The van der Waals surface area contributed by atoms with Gasteiger partial charge in [0.05, 0.1) is 0 Å². The summed E-state index contributed by atoms with van der Waals surface area (Å²) in [5.74, 6) is -0.960. The lowest BCUT2D eigenvalue weighted by molar-refractivity contribution is -0.144. The van der Waals surface area contributed by atoms with Crippen molar-refractivity contribution in [1.29, 1.82) is 0 Å². The highest BCUT2D eigenvalue weighted by Gasteiger charge is 2.37. The molecule has 6 heteroatoms. The van der Waals surface area contributed by atoms with E-state index < -0.39 is 11.5 Å². The number of hydrogen-bond donors (Lipinski definition) is 2. The maximum atomic E-state index is 12.2. The highest BCUT2D eigenvalue weighted by molar-refractivity contribution is 5.86. The van der Waals surface area contributed by atoms with Gasteiger partial charge in [-0.2, -0.15) is 0 Å². The molecule has 0 aromatic rings. The van der Waals surface area contributed by atoms with E-state index in [4.69, 9.17) is 0 Å². The van der Waals surface area contributed by atoms with Gasteiger partial charge in [-0.15, -0.1) is 0 Å². The quantitative estimate of drug-likeness (QED) is 0.781. The molecule has 1 aliphatic heterocycles. The fraction of sp³-hybridized carbons (Fsp3) is 0.846. The predicted molar refractivity (Wildman–Crippen MR) is 73.2 cm³/mol. The van der Waals surface area contributed by atoms with Gasteiger partial charge in [0.15, 0.2) is 0 Å². The molecular weight excluding hydrogens is 246 g/mol. The number of urea groups is 1. The number of nitrogens with zero attached hydrogens (tertiary/aromatic N) is 2. The van der Waals surface area contributed by atoms with Gasteiger partial charge in [0.1, 0.15) is 5.54 Å². The van der Waals surface area contributed by atoms with Gasteiger partial charge in [-0.25, -0.2) is 9.59 Å². The van der Waals surface area contributed by atoms with Crippen LogP contribution in [0.1, 0.15) is 33.6 Å². The summed E-state index contributed by atoms with van der Waals surface area (Å²) < 4.78 is 0. The average Bonchev–Trinajstić information content (AvgIpc) is 2.44. The zero-order valence-electron chi connectivity index (χ0n) is 12.1. The van der Waals surface area contributed by atoms with Gasteiger partial charge in [0.25, 0.3) is 0 Å². The van der Waals surface area contributed by atoms with Crippen molar-refractivity contribution in [3.05, 3.63) is 0 Å². The molecular formula is C13H25N3O3. The highest BCUT2D eigenvalue weighted by Crippen LogP contribution is 2.16. The Kier molecular flexibility index (Phi) is 5.60. The van der Waals surface area contributed by atoms with Crippen molar-refractivity contribution >= 4 is 12.0 Å². The molecule has 0 spiro atoms. The second kappa shape index (κ2) is 6.75. The molecule has 1 rings (SSSR count). The van der Waals surface area contributed by atoms with Crippen molar-refractivity contribution in [2.75, 3.05) is 32.7 Å². The van der Waals surface area contributed by atoms with Crippen LogP contribution in [0, 0.1) is 0 Å². The Bertz CT molecular complexity index is 321. The van der Waals surface area contributed by atoms with Crippen LogP contribution in [0.4, 0.5) is 4.79 Å². The number of aliphatic carboxylic acids is 1. The molecule has 1 fully saturated rings. The molecule has 0 aromatic heterocycles. The normalized spacial score (nSPS) is 17.3. The van der Waals surface area contributed by atoms with Crippen molar-refractivity contribution in [2.45, 2.75) is 39.2 Å². The Morgan fingerprint density at radius 3 is 2.00 bits per heavy atom. The van der Waals surface area contributed by atoms with Gasteiger partial charge in [-0.05, 0) is 19.4 Å². The largest absolute Gasteiger partial charge is 0.480 e. The van der Waals surface area contributed by atoms with Crippen molar-refractivity contribution in [3.63, 3.8) is 0 Å². The minimum absolute atomic E-state index is 0.262. The third kappa shape index (κ3) is 3.59. The van der Waals surface area contributed by atoms with Crippen LogP contribution in [0.25, 0.3) is 0 Å². The third-order valence-corrected chi connectivity index (χ3v) is 4.07. The van der Waals surface area contributed by atoms with E-state index in [9.17, 15) is 14.7 Å². The summed E-state index contributed by atoms with van der Waals surface area (Å²) in [5.41, 5.74) is -1.14. The van der Waals surface area contributed by atoms with E-state index in [1.807, 2.05) is 0 Å². The van der Waals surface area contributed by atoms with Crippen LogP contribution in [0.15, 0.2) is 0 Å². The number of carbonyl (C=O) groups is 2. The van der Waals surface area contributed by atoms with Crippen LogP contribution in [-0.2, 0) is 4.79 Å². The van der Waals surface area contributed by atoms with Crippen LogP contribution in [0.3, 0.4) is 0 Å². The molecule has 1 aliphatic rings. The summed E-state index contributed by atoms with van der Waals surface area (Å²) in [4.78, 5) is 27.5. The molecule has 2 N–H and O–H groups in total. The minimum Gasteiger partial charge on any atom is -0.480 e. The summed E-state index contributed by atoms with van der Waals surface area (Å²) in [5, 5.41) is 12.0. The van der Waals surface area contributed by atoms with Gasteiger partial charge in [-0.3, -0.25) is 0 Å². The molecule has 110 valence electrons. The van der Waals surface area contributed by atoms with E-state index in [-0.39, 0.29) is 6.03 Å². The fourth-order valence-electron chi connectivity index (χ4n) is 2.33. The molecule has 6 nitrogen and oxygen atoms in total. The maximum absolute atomic E-state index is 12.2. The lowest BCUT2D eigenvalue weighted by Crippen LogP contribution is -2.60. The molecule has 0 unspecified atom stereocenters. The molecule has 0 bridgehead atoms. The maximum Gasteiger partial charge on any atom is 0.329 e. The molecule has 0 aliphatic carbocycles. The summed E-state index contributed by atoms with van der Waals surface area (Å²) in [7, 11) is 0. The van der Waals surface area contributed by atoms with Gasteiger partial charge in [-0.1, -0.05) is 20.8 Å². The molecule has 2 amide bonds. The SMILES string of the molecule is CCN1CCN(C(=O)NC(CC)(CC)C(=O)O)CC1. The Balaban J connectivity index is 2.61. The first-order valence-corrected chi connectivity index (χ1v) is 7.02. The van der Waals surface area contributed by atoms with Crippen LogP contribution in [0.2, 0.25) is 0 Å². The summed E-state index contributed by atoms with van der Waals surface area (Å²) in [6, 6.07) is -0.262. The predicted octanol–water partition coefficient (Wildman–Crippen LogP) is 0.977. The third-order valence-electron chi connectivity index (χ3n) is 4.07. The second-order valence-electron chi connectivity index (χ2n) is 4.95. The number of carboxylic acid groups (broad SMARTS) is 1. The highest BCUT2D eigenvalue weighted by atomic mass is 16.4. The molecule has 1 heterocycles. The van der Waals surface area contributed by atoms with Crippen molar-refractivity contribution < 1.29 is 14.7 Å². The van der Waals surface area contributed by atoms with E-state index in [0.717, 1.165) is 19.6 Å². The van der Waals surface area contributed by atoms with E-state index >= 15 is 0 Å². The number of hydrogen-bond acceptors (Lipinski definition) is 3. The summed E-state index contributed by atoms with van der Waals surface area (Å²) >= 11 is 0. The Morgan fingerprint density at radius 1 is 1.11 bits per heavy atom. The molecule has 0 saturated carbocycles. The number of likely N-dealkylation sites (N-methyl/N-ethyl adjacent to an activating group) is 1. The van der Waals surface area contributed by atoms with E-state index in [0.29, 0.717) is 25.9 Å². The Hall–Kier alpha value is -1.30. The fourth-order valence-corrected chi connectivity index (χ4v) is 2.33. The minimum atomic E-state index is -1.14. The standard InChI is InChI=1S/C13H25N3O3/c1-4-13(5-2,11(17)18)14-12(19)16-9-7-15(6-3)8-10-16/h4-10H2,1-3H3,(H,14,19)(H,17,18). The van der Waals surface area contributed by atoms with E-state index in [2.05, 4.69) is 17.1 Å². The Morgan fingerprint density at radius 2 is 1.63 bits per heavy atom. The molecule has 1 saturated heterocycles. The summed E-state index contributed by atoms with van der Waals surface area (Å²) in [6.07, 6.45) is 0.777. The molecule has 0 atom stereocenters. The van der Waals surface area contributed by atoms with Gasteiger partial charge in [0, 0.05) is 26.2 Å². The van der Waals surface area contributed by atoms with Gasteiger partial charge < -0.3 is 20.2 Å². The summed E-state index contributed by atoms with van der Waals surface area (Å²) in [6.45, 7) is 9.66. The zero-order chi connectivity index (χ0) is 14.5. The average molecular weight is 271 g/mol. The van der Waals surface area contributed by atoms with Gasteiger partial charge >= 0.3 is 12.0 Å². The number of nitrogens with one attached hydrogen (secondary N) is 1. The van der Waals surface area contributed by atoms with Crippen LogP contribution < -0.4 is 5.32 Å². The number of piperazine rings is 1. The number of carbonyl (C=O) groups excluding carboxylic acids is 1. The van der Waals surface area contributed by atoms with E-state index in [1.54, 1.807) is 18.7 Å². The molecule has 0 aromatic carbocycles. The zero-order valence-corrected chi connectivity index (χ0v) is 12.1. The van der Waals surface area contributed by atoms with E-state index in [1.165, 1.54) is 0 Å². The first kappa shape index (κ1) is 15.8. The van der Waals surface area contributed by atoms with Crippen molar-refractivity contribution in [2.24, 2.45) is 0 Å². The molecule has 19 heavy (non-hydrogen) atoms. The van der Waals surface area contributed by atoms with Gasteiger partial charge in [0.2, 0.25) is 0 Å². The topological polar surface area (TPSA) is 72.9 Å². The smallest absolute Gasteiger partial charge is 0.329 e. The number of amides is 2. The van der Waals surface area contributed by atoms with Crippen LogP contribution in [-0.4, -0.2) is 65.2 Å². The first-order valence-electron chi connectivity index (χ1n) is 7.02. The lowest BCUT2D eigenvalue weighted by atomic mass is 9.93. The first-order chi connectivity index (χ1) is 8.99. The van der Waals surface area contributed by atoms with Crippen molar-refractivity contribution in [1.82, 2.24) is 15.1 Å². The second-order valence-corrected chi connectivity index (χ2v) is 4.95. The van der Waals surface area contributed by atoms with Crippen molar-refractivity contribution in [3.8, 4) is 0 Å². The monoisotopic (exact) mass is 271 g/mol. The lowest BCUT2D eigenvalue weighted by Gasteiger charge is -2.37. The number of rotatable bonds is 5. The van der Waals surface area contributed by atoms with Crippen LogP contribution >= 0.6 is 0 Å². The Labute approximate surface area is 114 Å². The molecule has 0 radical (unpaired) electrons.